The molecule has 2 rings (SSSR count). The molecule has 0 aliphatic carbocycles. The molecule has 0 aliphatic rings. The monoisotopic (exact) mass is 362 g/mol. The van der Waals surface area contributed by atoms with Crippen LogP contribution in [0.2, 0.25) is 30.1 Å². The molecule has 0 atom stereocenters. The largest absolute Gasteiger partial charge is 0.495 e. The van der Waals surface area contributed by atoms with Gasteiger partial charge in [0.25, 0.3) is 0 Å². The number of rotatable bonds is 1. The van der Waals surface area contributed by atoms with E-state index in [0.717, 1.165) is 0 Å². The topological polar surface area (TPSA) is 9.23 Å². The average Bonchev–Trinajstić information content (AvgIpc) is 2.36. The van der Waals surface area contributed by atoms with Crippen molar-refractivity contribution in [2.24, 2.45) is 0 Å². The number of fused-ring (bicyclic) bond motifs is 1. The van der Waals surface area contributed by atoms with Gasteiger partial charge in [-0.15, -0.1) is 0 Å². The molecule has 2 aromatic rings. The molecule has 18 heavy (non-hydrogen) atoms. The summed E-state index contributed by atoms with van der Waals surface area (Å²) < 4.78 is 5.10. The van der Waals surface area contributed by atoms with Crippen LogP contribution in [0.25, 0.3) is 10.8 Å². The molecular formula is C11H4Cl6O. The molecule has 0 saturated heterocycles. The minimum absolute atomic E-state index is 0.138. The molecule has 0 fully saturated rings. The Labute approximate surface area is 133 Å². The van der Waals surface area contributed by atoms with E-state index >= 15 is 0 Å². The van der Waals surface area contributed by atoms with Crippen molar-refractivity contribution in [2.75, 3.05) is 7.11 Å². The lowest BCUT2D eigenvalue weighted by molar-refractivity contribution is 0.415. The van der Waals surface area contributed by atoms with E-state index in [1.807, 2.05) is 0 Å². The van der Waals surface area contributed by atoms with Crippen molar-refractivity contribution in [1.29, 1.82) is 0 Å². The third-order valence-electron chi connectivity index (χ3n) is 2.43. The van der Waals surface area contributed by atoms with Crippen LogP contribution in [0.1, 0.15) is 0 Å². The van der Waals surface area contributed by atoms with Gasteiger partial charge in [-0.2, -0.15) is 0 Å². The number of hydrogen-bond donors (Lipinski definition) is 0. The van der Waals surface area contributed by atoms with Crippen LogP contribution in [-0.2, 0) is 0 Å². The first-order valence-corrected chi connectivity index (χ1v) is 6.84. The fourth-order valence-corrected chi connectivity index (χ4v) is 3.14. The highest BCUT2D eigenvalue weighted by molar-refractivity contribution is 6.57. The summed E-state index contributed by atoms with van der Waals surface area (Å²) >= 11 is 36.4. The Kier molecular flexibility index (Phi) is 4.33. The van der Waals surface area contributed by atoms with Crippen LogP contribution >= 0.6 is 69.6 Å². The zero-order valence-electron chi connectivity index (χ0n) is 8.75. The zero-order chi connectivity index (χ0) is 13.6. The summed E-state index contributed by atoms with van der Waals surface area (Å²) in [6.45, 7) is 0. The van der Waals surface area contributed by atoms with E-state index in [2.05, 4.69) is 0 Å². The van der Waals surface area contributed by atoms with Gasteiger partial charge in [0.1, 0.15) is 10.8 Å². The highest BCUT2D eigenvalue weighted by atomic mass is 35.5. The molecule has 0 N–H and O–H groups in total. The molecule has 0 bridgehead atoms. The summed E-state index contributed by atoms with van der Waals surface area (Å²) in [5.41, 5.74) is 0. The smallest absolute Gasteiger partial charge is 0.139 e. The van der Waals surface area contributed by atoms with E-state index in [1.54, 1.807) is 6.07 Å². The second kappa shape index (κ2) is 5.32. The predicted molar refractivity (Wildman–Crippen MR) is 80.6 cm³/mol. The van der Waals surface area contributed by atoms with Gasteiger partial charge in [0.2, 0.25) is 0 Å². The average molecular weight is 365 g/mol. The van der Waals surface area contributed by atoms with E-state index < -0.39 is 0 Å². The quantitative estimate of drug-likeness (QED) is 0.400. The lowest BCUT2D eigenvalue weighted by Gasteiger charge is -2.13. The van der Waals surface area contributed by atoms with Crippen LogP contribution in [0.3, 0.4) is 0 Å². The Hall–Kier alpha value is 0.240. The molecule has 96 valence electrons. The lowest BCUT2D eigenvalue weighted by atomic mass is 10.1. The van der Waals surface area contributed by atoms with Crippen molar-refractivity contribution < 1.29 is 4.74 Å². The standard InChI is InChI=1S/C11H4Cl6O/c1-18-4-2-3-5(8(14)7(4)13)9(15)11(17)10(16)6(3)12/h2H,1H3. The lowest BCUT2D eigenvalue weighted by Crippen LogP contribution is -1.89. The summed E-state index contributed by atoms with van der Waals surface area (Å²) in [5, 5.41) is 2.19. The van der Waals surface area contributed by atoms with Crippen LogP contribution in [0.15, 0.2) is 6.07 Å². The van der Waals surface area contributed by atoms with E-state index in [1.165, 1.54) is 7.11 Å². The Balaban J connectivity index is 3.07. The highest BCUT2D eigenvalue weighted by Gasteiger charge is 2.20. The maximum absolute atomic E-state index is 6.15. The number of methoxy groups -OCH3 is 1. The van der Waals surface area contributed by atoms with Gasteiger partial charge in [-0.05, 0) is 6.07 Å². The summed E-state index contributed by atoms with van der Waals surface area (Å²) in [6.07, 6.45) is 0. The summed E-state index contributed by atoms with van der Waals surface area (Å²) in [5.74, 6) is 0.380. The molecule has 0 unspecified atom stereocenters. The molecule has 0 spiro atoms. The molecule has 0 radical (unpaired) electrons. The Morgan fingerprint density at radius 3 is 1.78 bits per heavy atom. The van der Waals surface area contributed by atoms with E-state index in [-0.39, 0.29) is 30.1 Å². The fourth-order valence-electron chi connectivity index (χ4n) is 1.56. The summed E-state index contributed by atoms with van der Waals surface area (Å²) in [6, 6.07) is 1.61. The van der Waals surface area contributed by atoms with Crippen LogP contribution in [0, 0.1) is 0 Å². The first kappa shape index (κ1) is 14.6. The predicted octanol–water partition coefficient (Wildman–Crippen LogP) is 6.77. The Morgan fingerprint density at radius 2 is 1.22 bits per heavy atom. The van der Waals surface area contributed by atoms with Gasteiger partial charge < -0.3 is 4.74 Å². The minimum Gasteiger partial charge on any atom is -0.495 e. The molecular weight excluding hydrogens is 361 g/mol. The zero-order valence-corrected chi connectivity index (χ0v) is 13.3. The van der Waals surface area contributed by atoms with Gasteiger partial charge in [-0.1, -0.05) is 69.6 Å². The molecule has 0 aliphatic heterocycles. The van der Waals surface area contributed by atoms with Gasteiger partial charge in [0, 0.05) is 10.8 Å². The van der Waals surface area contributed by atoms with Crippen molar-refractivity contribution in [3.8, 4) is 5.75 Å². The number of ether oxygens (including phenoxy) is 1. The van der Waals surface area contributed by atoms with Crippen molar-refractivity contribution >= 4 is 80.4 Å². The first-order valence-electron chi connectivity index (χ1n) is 4.57. The fraction of sp³-hybridized carbons (Fsp3) is 0.0909. The number of halogens is 6. The second-order valence-electron chi connectivity index (χ2n) is 3.39. The summed E-state index contributed by atoms with van der Waals surface area (Å²) in [4.78, 5) is 0. The van der Waals surface area contributed by atoms with Gasteiger partial charge in [-0.3, -0.25) is 0 Å². The van der Waals surface area contributed by atoms with Crippen molar-refractivity contribution in [3.63, 3.8) is 0 Å². The van der Waals surface area contributed by atoms with E-state index in [9.17, 15) is 0 Å². The van der Waals surface area contributed by atoms with E-state index in [4.69, 9.17) is 74.3 Å². The molecule has 1 nitrogen and oxygen atoms in total. The van der Waals surface area contributed by atoms with Crippen LogP contribution in [-0.4, -0.2) is 7.11 Å². The van der Waals surface area contributed by atoms with Crippen LogP contribution in [0.4, 0.5) is 0 Å². The van der Waals surface area contributed by atoms with Crippen molar-refractivity contribution in [3.05, 3.63) is 36.2 Å². The van der Waals surface area contributed by atoms with Gasteiger partial charge in [0.15, 0.2) is 0 Å². The summed E-state index contributed by atoms with van der Waals surface area (Å²) in [7, 11) is 1.47. The highest BCUT2D eigenvalue weighted by Crippen LogP contribution is 2.49. The normalized spacial score (nSPS) is 11.1. The third-order valence-corrected chi connectivity index (χ3v) is 5.09. The van der Waals surface area contributed by atoms with Crippen LogP contribution < -0.4 is 4.74 Å². The van der Waals surface area contributed by atoms with Gasteiger partial charge in [-0.25, -0.2) is 0 Å². The van der Waals surface area contributed by atoms with Crippen molar-refractivity contribution in [1.82, 2.24) is 0 Å². The van der Waals surface area contributed by atoms with Gasteiger partial charge in [0.05, 0.1) is 32.2 Å². The Morgan fingerprint density at radius 1 is 0.722 bits per heavy atom. The molecule has 0 heterocycles. The Bertz CT molecular complexity index is 652. The molecule has 7 heteroatoms. The van der Waals surface area contributed by atoms with Gasteiger partial charge >= 0.3 is 0 Å². The molecule has 0 aromatic heterocycles. The molecule has 0 saturated carbocycles. The molecule has 2 aromatic carbocycles. The van der Waals surface area contributed by atoms with Crippen LogP contribution in [0.5, 0.6) is 5.75 Å². The number of hydrogen-bond acceptors (Lipinski definition) is 1. The SMILES string of the molecule is COc1cc2c(Cl)c(Cl)c(Cl)c(Cl)c2c(Cl)c1Cl. The molecule has 0 amide bonds. The first-order chi connectivity index (χ1) is 8.40. The maximum Gasteiger partial charge on any atom is 0.139 e. The minimum atomic E-state index is 0.138. The van der Waals surface area contributed by atoms with E-state index in [0.29, 0.717) is 16.5 Å². The number of benzene rings is 2. The maximum atomic E-state index is 6.15. The third kappa shape index (κ3) is 2.11. The van der Waals surface area contributed by atoms with Crippen molar-refractivity contribution in [2.45, 2.75) is 0 Å². The second-order valence-corrected chi connectivity index (χ2v) is 5.65.